The van der Waals surface area contributed by atoms with E-state index in [1.54, 1.807) is 0 Å². The maximum atomic E-state index is 4.53. The fraction of sp³-hybridized carbons (Fsp3) is 0.167. The topological polar surface area (TPSA) is 0 Å². The van der Waals surface area contributed by atoms with Crippen LogP contribution in [-0.4, -0.2) is 16.0 Å². The molecule has 0 aliphatic rings. The van der Waals surface area contributed by atoms with Crippen molar-refractivity contribution in [3.63, 3.8) is 0 Å². The number of fused-ring (bicyclic) bond motifs is 2. The normalized spacial score (nSPS) is 8.92. The van der Waals surface area contributed by atoms with Gasteiger partial charge in [-0.3, -0.25) is 0 Å². The largest absolute Gasteiger partial charge is 4.00 e. The number of rotatable bonds is 0. The Balaban J connectivity index is 0.000000376. The van der Waals surface area contributed by atoms with Crippen LogP contribution in [0.1, 0.15) is 25.0 Å². The van der Waals surface area contributed by atoms with Gasteiger partial charge < -0.3 is 12.6 Å². The molecular formula is C24H28SiZr. The minimum absolute atomic E-state index is 0. The van der Waals surface area contributed by atoms with Crippen molar-refractivity contribution >= 4 is 37.6 Å². The van der Waals surface area contributed by atoms with Crippen LogP contribution < -0.4 is 0 Å². The zero-order valence-corrected chi connectivity index (χ0v) is 20.2. The Bertz CT molecular complexity index is 732. The molecule has 0 N–H and O–H groups in total. The monoisotopic (exact) mass is 434 g/mol. The van der Waals surface area contributed by atoms with Crippen LogP contribution in [0, 0.1) is 20.3 Å². The van der Waals surface area contributed by atoms with Gasteiger partial charge in [0.15, 0.2) is 0 Å². The summed E-state index contributed by atoms with van der Waals surface area (Å²) in [6.07, 6.45) is 6.53. The fourth-order valence-electron chi connectivity index (χ4n) is 2.61. The Morgan fingerprint density at radius 2 is 1.04 bits per heavy atom. The zero-order valence-electron chi connectivity index (χ0n) is 16.3. The van der Waals surface area contributed by atoms with Crippen LogP contribution in [0.4, 0.5) is 0 Å². The molecule has 4 rings (SSSR count). The van der Waals surface area contributed by atoms with E-state index < -0.39 is 0 Å². The third-order valence-electron chi connectivity index (χ3n) is 3.52. The molecule has 0 aliphatic heterocycles. The van der Waals surface area contributed by atoms with E-state index in [-0.39, 0.29) is 26.2 Å². The summed E-state index contributed by atoms with van der Waals surface area (Å²) in [6.45, 7) is 8.25. The summed E-state index contributed by atoms with van der Waals surface area (Å²) in [4.78, 5) is 0. The van der Waals surface area contributed by atoms with Crippen LogP contribution in [0.5, 0.6) is 0 Å². The fourth-order valence-corrected chi connectivity index (χ4v) is 2.61. The van der Waals surface area contributed by atoms with Gasteiger partial charge in [0.2, 0.25) is 0 Å². The van der Waals surface area contributed by atoms with Crippen LogP contribution in [0.15, 0.2) is 72.8 Å². The van der Waals surface area contributed by atoms with Gasteiger partial charge in [-0.05, 0) is 0 Å². The molecule has 0 saturated carbocycles. The Morgan fingerprint density at radius 3 is 1.35 bits per heavy atom. The van der Waals surface area contributed by atoms with Crippen molar-refractivity contribution in [2.75, 3.05) is 0 Å². The van der Waals surface area contributed by atoms with Crippen molar-refractivity contribution in [2.24, 2.45) is 0 Å². The van der Waals surface area contributed by atoms with Crippen molar-refractivity contribution in [3.8, 4) is 0 Å². The third-order valence-corrected chi connectivity index (χ3v) is 3.52. The van der Waals surface area contributed by atoms with Crippen molar-refractivity contribution in [1.82, 2.24) is 0 Å². The average molecular weight is 436 g/mol. The molecule has 26 heavy (non-hydrogen) atoms. The summed E-state index contributed by atoms with van der Waals surface area (Å²) >= 11 is 0. The number of hydrogen-bond donors (Lipinski definition) is 0. The standard InChI is InChI=1S/2C10H9.C3H7.CH3Si.Zr/c2*1-8-6-9-4-2-3-5-10(9)7-8;1-3-2;1-2;/h2*2-7H,1H3;3H,1-2H3;1H,2H2;/q4*-1;+4. The summed E-state index contributed by atoms with van der Waals surface area (Å²) in [7, 11) is 1.36. The predicted molar refractivity (Wildman–Crippen MR) is 119 cm³/mol. The number of aryl methyl sites for hydroxylation is 2. The first-order valence-corrected chi connectivity index (χ1v) is 9.34. The van der Waals surface area contributed by atoms with Gasteiger partial charge in [0.1, 0.15) is 0 Å². The molecule has 0 unspecified atom stereocenters. The van der Waals surface area contributed by atoms with Gasteiger partial charge in [-0.1, -0.05) is 26.0 Å². The smallest absolute Gasteiger partial charge is 0.533 e. The van der Waals surface area contributed by atoms with E-state index in [0.29, 0.717) is 0 Å². The SMILES string of the molecule is C[CH-]C.Cc1cc2ccccc2[cH-]1.Cc1cc2ccccc2[cH-]1.[CH-]=[SiH2].[Zr+4]. The quantitative estimate of drug-likeness (QED) is 0.239. The number of benzene rings is 2. The van der Waals surface area contributed by atoms with Crippen LogP contribution in [0.3, 0.4) is 0 Å². The van der Waals surface area contributed by atoms with Gasteiger partial charge in [-0.15, -0.1) is 81.2 Å². The summed E-state index contributed by atoms with van der Waals surface area (Å²) in [5.74, 6) is 0. The molecule has 4 aromatic carbocycles. The minimum atomic E-state index is 0. The van der Waals surface area contributed by atoms with E-state index in [1.807, 2.05) is 20.3 Å². The molecular weight excluding hydrogens is 408 g/mol. The van der Waals surface area contributed by atoms with Crippen LogP contribution in [0.25, 0.3) is 21.5 Å². The van der Waals surface area contributed by atoms with Gasteiger partial charge in [0.05, 0.1) is 0 Å². The molecule has 0 aliphatic carbocycles. The van der Waals surface area contributed by atoms with Gasteiger partial charge in [0, 0.05) is 0 Å². The molecule has 2 heteroatoms. The zero-order chi connectivity index (χ0) is 18.7. The Labute approximate surface area is 181 Å². The average Bonchev–Trinajstić information content (AvgIpc) is 3.18. The maximum Gasteiger partial charge on any atom is 4.00 e. The molecule has 0 radical (unpaired) electrons. The molecule has 132 valence electrons. The predicted octanol–water partition coefficient (Wildman–Crippen LogP) is 5.89. The van der Waals surface area contributed by atoms with Crippen LogP contribution in [-0.2, 0) is 26.2 Å². The first-order chi connectivity index (χ1) is 12.1. The Hall–Kier alpha value is -1.37. The van der Waals surface area contributed by atoms with E-state index in [4.69, 9.17) is 0 Å². The second-order valence-electron chi connectivity index (χ2n) is 5.90. The molecule has 4 aromatic rings. The molecule has 0 spiro atoms. The summed E-state index contributed by atoms with van der Waals surface area (Å²) in [5, 5.41) is 5.39. The second kappa shape index (κ2) is 13.8. The molecule has 0 heterocycles. The number of hydrogen-bond acceptors (Lipinski definition) is 0. The summed E-state index contributed by atoms with van der Waals surface area (Å²) in [6, 6.07) is 25.7. The van der Waals surface area contributed by atoms with E-state index in [0.717, 1.165) is 0 Å². The van der Waals surface area contributed by atoms with E-state index in [9.17, 15) is 0 Å². The van der Waals surface area contributed by atoms with Crippen LogP contribution >= 0.6 is 0 Å². The molecule has 0 atom stereocenters. The molecule has 0 nitrogen and oxygen atoms in total. The van der Waals surface area contributed by atoms with E-state index in [2.05, 4.69) is 92.8 Å². The maximum absolute atomic E-state index is 4.53. The summed E-state index contributed by atoms with van der Waals surface area (Å²) < 4.78 is 0. The molecule has 0 fully saturated rings. The van der Waals surface area contributed by atoms with Gasteiger partial charge in [-0.2, -0.15) is 26.0 Å². The Morgan fingerprint density at radius 1 is 0.731 bits per heavy atom. The molecule has 0 amide bonds. The van der Waals surface area contributed by atoms with Crippen molar-refractivity contribution < 1.29 is 26.2 Å². The minimum Gasteiger partial charge on any atom is -0.533 e. The van der Waals surface area contributed by atoms with Crippen molar-refractivity contribution in [2.45, 2.75) is 27.7 Å². The molecule has 0 bridgehead atoms. The first kappa shape index (κ1) is 24.6. The third kappa shape index (κ3) is 7.89. The van der Waals surface area contributed by atoms with Crippen molar-refractivity contribution in [1.29, 1.82) is 0 Å². The van der Waals surface area contributed by atoms with Crippen LogP contribution in [0.2, 0.25) is 0 Å². The summed E-state index contributed by atoms with van der Waals surface area (Å²) in [5.41, 5.74) is 2.70. The van der Waals surface area contributed by atoms with E-state index >= 15 is 0 Å². The first-order valence-electron chi connectivity index (χ1n) is 8.53. The molecule has 0 aromatic heterocycles. The van der Waals surface area contributed by atoms with Crippen molar-refractivity contribution in [3.05, 3.63) is 90.3 Å². The van der Waals surface area contributed by atoms with Gasteiger partial charge >= 0.3 is 26.2 Å². The van der Waals surface area contributed by atoms with Gasteiger partial charge in [0.25, 0.3) is 0 Å². The van der Waals surface area contributed by atoms with E-state index in [1.165, 1.54) is 42.5 Å². The Kier molecular flexibility index (Phi) is 13.1. The molecule has 0 saturated heterocycles. The van der Waals surface area contributed by atoms with Gasteiger partial charge in [-0.25, -0.2) is 9.85 Å². The second-order valence-corrected chi connectivity index (χ2v) is 5.90.